The molecule has 2 heterocycles. The van der Waals surface area contributed by atoms with Crippen LogP contribution in [-0.2, 0) is 6.54 Å². The molecule has 2 aromatic heterocycles. The van der Waals surface area contributed by atoms with Gasteiger partial charge < -0.3 is 9.64 Å². The van der Waals surface area contributed by atoms with E-state index in [1.54, 1.807) is 11.6 Å². The summed E-state index contributed by atoms with van der Waals surface area (Å²) in [5, 5.41) is 14.2. The maximum absolute atomic E-state index is 9.26. The minimum Gasteiger partial charge on any atom is -0.497 e. The molecule has 0 amide bonds. The van der Waals surface area contributed by atoms with Gasteiger partial charge in [0.15, 0.2) is 10.8 Å². The van der Waals surface area contributed by atoms with Gasteiger partial charge in [-0.15, -0.1) is 0 Å². The number of rotatable bonds is 6. The van der Waals surface area contributed by atoms with E-state index in [1.165, 1.54) is 18.0 Å². The molecule has 128 valence electrons. The zero-order chi connectivity index (χ0) is 17.8. The van der Waals surface area contributed by atoms with Crippen LogP contribution in [-0.4, -0.2) is 39.5 Å². The molecule has 0 aliphatic rings. The van der Waals surface area contributed by atoms with Crippen LogP contribution in [0.15, 0.2) is 35.6 Å². The van der Waals surface area contributed by atoms with Gasteiger partial charge in [0, 0.05) is 13.1 Å². The summed E-state index contributed by atoms with van der Waals surface area (Å²) in [5.74, 6) is 1.50. The molecule has 0 bridgehead atoms. The highest BCUT2D eigenvalue weighted by Crippen LogP contribution is 2.22. The van der Waals surface area contributed by atoms with Gasteiger partial charge in [-0.1, -0.05) is 23.9 Å². The molecule has 0 radical (unpaired) electrons. The van der Waals surface area contributed by atoms with Crippen molar-refractivity contribution in [1.29, 1.82) is 5.26 Å². The Kier molecular flexibility index (Phi) is 5.05. The number of aromatic nitrogens is 4. The van der Waals surface area contributed by atoms with Crippen LogP contribution in [0.3, 0.4) is 0 Å². The van der Waals surface area contributed by atoms with Crippen molar-refractivity contribution in [3.63, 3.8) is 0 Å². The highest BCUT2D eigenvalue weighted by Gasteiger charge is 2.17. The van der Waals surface area contributed by atoms with Gasteiger partial charge in [0.2, 0.25) is 5.95 Å². The summed E-state index contributed by atoms with van der Waals surface area (Å²) in [6.45, 7) is 3.47. The maximum atomic E-state index is 9.26. The molecule has 0 aliphatic heterocycles. The van der Waals surface area contributed by atoms with Crippen LogP contribution in [0.2, 0.25) is 0 Å². The molecule has 0 saturated carbocycles. The third-order valence-electron chi connectivity index (χ3n) is 3.83. The summed E-state index contributed by atoms with van der Waals surface area (Å²) in [6, 6.07) is 10.1. The Balaban J connectivity index is 2.02. The largest absolute Gasteiger partial charge is 0.497 e. The first-order valence-corrected chi connectivity index (χ1v) is 9.00. The normalized spacial score (nSPS) is 10.6. The lowest BCUT2D eigenvalue weighted by Crippen LogP contribution is -2.26. The molecular weight excluding hydrogens is 336 g/mol. The van der Waals surface area contributed by atoms with Crippen LogP contribution in [0.25, 0.3) is 5.65 Å². The number of fused-ring (bicyclic) bond motifs is 1. The number of nitriles is 1. The van der Waals surface area contributed by atoms with Crippen molar-refractivity contribution in [1.82, 2.24) is 19.6 Å². The topological polar surface area (TPSA) is 79.3 Å². The summed E-state index contributed by atoms with van der Waals surface area (Å²) in [6.07, 6.45) is 3.44. The van der Waals surface area contributed by atoms with Gasteiger partial charge in [0.05, 0.1) is 13.3 Å². The van der Waals surface area contributed by atoms with E-state index in [2.05, 4.69) is 33.0 Å². The summed E-state index contributed by atoms with van der Waals surface area (Å²) in [5.41, 5.74) is 2.11. The lowest BCUT2D eigenvalue weighted by molar-refractivity contribution is 0.414. The van der Waals surface area contributed by atoms with Crippen molar-refractivity contribution >= 4 is 23.4 Å². The zero-order valence-corrected chi connectivity index (χ0v) is 15.1. The highest BCUT2D eigenvalue weighted by molar-refractivity contribution is 7.98. The third-order valence-corrected chi connectivity index (χ3v) is 4.38. The lowest BCUT2D eigenvalue weighted by atomic mass is 10.2. The first-order valence-electron chi connectivity index (χ1n) is 7.77. The van der Waals surface area contributed by atoms with E-state index >= 15 is 0 Å². The van der Waals surface area contributed by atoms with E-state index in [0.717, 1.165) is 17.9 Å². The molecule has 0 N–H and O–H groups in total. The Morgan fingerprint density at radius 3 is 2.64 bits per heavy atom. The van der Waals surface area contributed by atoms with E-state index in [-0.39, 0.29) is 0 Å². The van der Waals surface area contributed by atoms with Gasteiger partial charge in [-0.2, -0.15) is 19.9 Å². The molecule has 0 atom stereocenters. The quantitative estimate of drug-likeness (QED) is 0.630. The molecule has 0 saturated heterocycles. The fourth-order valence-electron chi connectivity index (χ4n) is 2.49. The fourth-order valence-corrected chi connectivity index (χ4v) is 2.85. The van der Waals surface area contributed by atoms with Crippen LogP contribution in [0, 0.1) is 11.3 Å². The average Bonchev–Trinajstić information content (AvgIpc) is 3.08. The molecule has 25 heavy (non-hydrogen) atoms. The van der Waals surface area contributed by atoms with E-state index in [9.17, 15) is 5.26 Å². The molecular formula is C17H18N6OS. The zero-order valence-electron chi connectivity index (χ0n) is 14.3. The van der Waals surface area contributed by atoms with Crippen LogP contribution in [0.1, 0.15) is 18.1 Å². The second-order valence-electron chi connectivity index (χ2n) is 5.28. The van der Waals surface area contributed by atoms with Gasteiger partial charge in [0.25, 0.3) is 0 Å². The van der Waals surface area contributed by atoms with Crippen molar-refractivity contribution in [2.75, 3.05) is 24.8 Å². The number of thioether (sulfide) groups is 1. The predicted molar refractivity (Wildman–Crippen MR) is 97.0 cm³/mol. The summed E-state index contributed by atoms with van der Waals surface area (Å²) < 4.78 is 6.84. The number of ether oxygens (including phenoxy) is 1. The van der Waals surface area contributed by atoms with Gasteiger partial charge in [0.1, 0.15) is 17.4 Å². The molecule has 8 heteroatoms. The van der Waals surface area contributed by atoms with E-state index in [4.69, 9.17) is 4.74 Å². The lowest BCUT2D eigenvalue weighted by Gasteiger charge is -2.22. The smallest absolute Gasteiger partial charge is 0.231 e. The molecule has 0 aliphatic carbocycles. The average molecular weight is 354 g/mol. The monoisotopic (exact) mass is 354 g/mol. The van der Waals surface area contributed by atoms with Crippen LogP contribution >= 0.6 is 11.8 Å². The SMILES string of the molecule is CCN(Cc1ccc(OC)cc1)c1nc(SC)nc2c(C#N)cnn12. The third kappa shape index (κ3) is 3.37. The van der Waals surface area contributed by atoms with Crippen molar-refractivity contribution in [3.05, 3.63) is 41.6 Å². The Labute approximate surface area is 150 Å². The maximum Gasteiger partial charge on any atom is 0.231 e. The van der Waals surface area contributed by atoms with E-state index in [0.29, 0.717) is 28.9 Å². The predicted octanol–water partition coefficient (Wildman–Crippen LogP) is 2.75. The van der Waals surface area contributed by atoms with E-state index < -0.39 is 0 Å². The van der Waals surface area contributed by atoms with E-state index in [1.807, 2.05) is 30.5 Å². The molecule has 7 nitrogen and oxygen atoms in total. The van der Waals surface area contributed by atoms with Crippen LogP contribution < -0.4 is 9.64 Å². The summed E-state index contributed by atoms with van der Waals surface area (Å²) in [7, 11) is 1.65. The van der Waals surface area contributed by atoms with Crippen molar-refractivity contribution in [2.24, 2.45) is 0 Å². The minimum absolute atomic E-state index is 0.444. The molecule has 0 unspecified atom stereocenters. The number of methoxy groups -OCH3 is 1. The van der Waals surface area contributed by atoms with Crippen molar-refractivity contribution < 1.29 is 4.74 Å². The fraction of sp³-hybridized carbons (Fsp3) is 0.294. The number of hydrogen-bond donors (Lipinski definition) is 0. The van der Waals surface area contributed by atoms with Gasteiger partial charge in [-0.3, -0.25) is 0 Å². The molecule has 1 aromatic carbocycles. The van der Waals surface area contributed by atoms with Crippen molar-refractivity contribution in [2.45, 2.75) is 18.6 Å². The molecule has 3 aromatic rings. The van der Waals surface area contributed by atoms with Crippen molar-refractivity contribution in [3.8, 4) is 11.8 Å². The Morgan fingerprint density at radius 1 is 1.28 bits per heavy atom. The van der Waals surface area contributed by atoms with Gasteiger partial charge in [-0.05, 0) is 30.9 Å². The second-order valence-corrected chi connectivity index (χ2v) is 6.05. The first-order chi connectivity index (χ1) is 12.2. The number of hydrogen-bond acceptors (Lipinski definition) is 7. The van der Waals surface area contributed by atoms with Crippen LogP contribution in [0.4, 0.5) is 5.95 Å². The summed E-state index contributed by atoms with van der Waals surface area (Å²) >= 11 is 1.44. The number of anilines is 1. The Bertz CT molecular complexity index is 915. The van der Waals surface area contributed by atoms with Gasteiger partial charge in [-0.25, -0.2) is 4.98 Å². The number of nitrogens with zero attached hydrogens (tertiary/aromatic N) is 6. The minimum atomic E-state index is 0.444. The number of benzene rings is 1. The molecule has 0 fully saturated rings. The van der Waals surface area contributed by atoms with Crippen LogP contribution in [0.5, 0.6) is 5.75 Å². The van der Waals surface area contributed by atoms with Gasteiger partial charge >= 0.3 is 0 Å². The molecule has 3 rings (SSSR count). The Morgan fingerprint density at radius 2 is 2.04 bits per heavy atom. The standard InChI is InChI=1S/C17H18N6OS/c1-4-22(11-12-5-7-14(24-2)8-6-12)17-21-16(25-3)20-15-13(9-18)10-19-23(15)17/h5-8,10H,4,11H2,1-3H3. The molecule has 0 spiro atoms. The first kappa shape index (κ1) is 17.0. The second kappa shape index (κ2) is 7.40. The summed E-state index contributed by atoms with van der Waals surface area (Å²) in [4.78, 5) is 11.1. The highest BCUT2D eigenvalue weighted by atomic mass is 32.2. The Hall–Kier alpha value is -2.79.